The Hall–Kier alpha value is -2.51. The number of hydrogen-bond donors (Lipinski definition) is 1. The molecule has 0 saturated carbocycles. The van der Waals surface area contributed by atoms with Crippen LogP contribution < -0.4 is 0 Å². The van der Waals surface area contributed by atoms with Gasteiger partial charge in [0, 0.05) is 31.9 Å². The fourth-order valence-corrected chi connectivity index (χ4v) is 3.21. The molecule has 0 unspecified atom stereocenters. The molecule has 3 aromatic heterocycles. The van der Waals surface area contributed by atoms with Crippen molar-refractivity contribution in [1.29, 1.82) is 0 Å². The third-order valence-corrected chi connectivity index (χ3v) is 4.72. The molecule has 0 aliphatic carbocycles. The SMILES string of the molecule is C[C@H](O)c1onc(-c2cccs2)c1C(=O)N(C)CCc1ccccn1. The average molecular weight is 357 g/mol. The van der Waals surface area contributed by atoms with Crippen molar-refractivity contribution in [3.63, 3.8) is 0 Å². The highest BCUT2D eigenvalue weighted by Crippen LogP contribution is 2.32. The number of aromatic nitrogens is 2. The van der Waals surface area contributed by atoms with Crippen molar-refractivity contribution in [2.75, 3.05) is 13.6 Å². The summed E-state index contributed by atoms with van der Waals surface area (Å²) in [6, 6.07) is 9.47. The van der Waals surface area contributed by atoms with Crippen LogP contribution in [-0.4, -0.2) is 39.6 Å². The maximum absolute atomic E-state index is 13.0. The van der Waals surface area contributed by atoms with Crippen LogP contribution in [0, 0.1) is 0 Å². The first-order valence-electron chi connectivity index (χ1n) is 7.94. The predicted octanol–water partition coefficient (Wildman–Crippen LogP) is 3.17. The molecule has 0 bridgehead atoms. The van der Waals surface area contributed by atoms with Crippen LogP contribution in [0.25, 0.3) is 10.6 Å². The zero-order valence-electron chi connectivity index (χ0n) is 14.0. The Morgan fingerprint density at radius 2 is 2.20 bits per heavy atom. The summed E-state index contributed by atoms with van der Waals surface area (Å²) in [6.45, 7) is 2.06. The molecule has 0 aliphatic heterocycles. The number of carbonyl (C=O) groups excluding carboxylic acids is 1. The zero-order chi connectivity index (χ0) is 17.8. The molecule has 0 spiro atoms. The first-order valence-corrected chi connectivity index (χ1v) is 8.82. The maximum Gasteiger partial charge on any atom is 0.259 e. The fraction of sp³-hybridized carbons (Fsp3) is 0.278. The molecule has 0 aliphatic rings. The van der Waals surface area contributed by atoms with E-state index in [1.54, 1.807) is 25.1 Å². The second kappa shape index (κ2) is 7.58. The first kappa shape index (κ1) is 17.3. The molecule has 7 heteroatoms. The molecule has 6 nitrogen and oxygen atoms in total. The number of thiophene rings is 1. The van der Waals surface area contributed by atoms with E-state index in [4.69, 9.17) is 4.52 Å². The smallest absolute Gasteiger partial charge is 0.259 e. The van der Waals surface area contributed by atoms with Gasteiger partial charge >= 0.3 is 0 Å². The number of hydrogen-bond acceptors (Lipinski definition) is 6. The lowest BCUT2D eigenvalue weighted by Gasteiger charge is -2.17. The molecular weight excluding hydrogens is 338 g/mol. The Morgan fingerprint density at radius 3 is 2.84 bits per heavy atom. The van der Waals surface area contributed by atoms with Gasteiger partial charge < -0.3 is 14.5 Å². The highest BCUT2D eigenvalue weighted by molar-refractivity contribution is 7.13. The zero-order valence-corrected chi connectivity index (χ0v) is 14.9. The molecule has 1 amide bonds. The minimum atomic E-state index is -0.913. The second-order valence-electron chi connectivity index (χ2n) is 5.72. The van der Waals surface area contributed by atoms with Gasteiger partial charge in [0.1, 0.15) is 17.4 Å². The highest BCUT2D eigenvalue weighted by Gasteiger charge is 2.29. The molecular formula is C18H19N3O3S. The number of amides is 1. The summed E-state index contributed by atoms with van der Waals surface area (Å²) in [5.41, 5.74) is 1.71. The van der Waals surface area contributed by atoms with Crippen molar-refractivity contribution < 1.29 is 14.4 Å². The molecule has 0 fully saturated rings. The number of nitrogens with zero attached hydrogens (tertiary/aromatic N) is 3. The van der Waals surface area contributed by atoms with E-state index in [-0.39, 0.29) is 11.7 Å². The van der Waals surface area contributed by atoms with Gasteiger partial charge in [-0.1, -0.05) is 17.3 Å². The van der Waals surface area contributed by atoms with E-state index in [0.717, 1.165) is 10.6 Å². The molecule has 0 radical (unpaired) electrons. The average Bonchev–Trinajstić information content (AvgIpc) is 3.28. The quantitative estimate of drug-likeness (QED) is 0.733. The Balaban J connectivity index is 1.84. The van der Waals surface area contributed by atoms with E-state index >= 15 is 0 Å². The van der Waals surface area contributed by atoms with Crippen LogP contribution in [0.3, 0.4) is 0 Å². The summed E-state index contributed by atoms with van der Waals surface area (Å²) in [6.07, 6.45) is 1.47. The lowest BCUT2D eigenvalue weighted by molar-refractivity contribution is 0.0784. The van der Waals surface area contributed by atoms with Gasteiger partial charge in [-0.15, -0.1) is 11.3 Å². The Kier molecular flexibility index (Phi) is 5.25. The van der Waals surface area contributed by atoms with Gasteiger partial charge in [0.2, 0.25) is 0 Å². The summed E-state index contributed by atoms with van der Waals surface area (Å²) in [5, 5.41) is 15.9. The lowest BCUT2D eigenvalue weighted by atomic mass is 10.1. The van der Waals surface area contributed by atoms with Gasteiger partial charge in [0.05, 0.1) is 4.88 Å². The predicted molar refractivity (Wildman–Crippen MR) is 95.4 cm³/mol. The highest BCUT2D eigenvalue weighted by atomic mass is 32.1. The summed E-state index contributed by atoms with van der Waals surface area (Å²) >= 11 is 1.47. The van der Waals surface area contributed by atoms with Crippen LogP contribution in [0.5, 0.6) is 0 Å². The monoisotopic (exact) mass is 357 g/mol. The molecule has 3 aromatic rings. The van der Waals surface area contributed by atoms with Crippen LogP contribution in [0.1, 0.15) is 34.8 Å². The molecule has 1 atom stereocenters. The van der Waals surface area contributed by atoms with E-state index < -0.39 is 6.10 Å². The third kappa shape index (κ3) is 3.78. The minimum Gasteiger partial charge on any atom is -0.385 e. The van der Waals surface area contributed by atoms with Crippen LogP contribution in [-0.2, 0) is 6.42 Å². The first-order chi connectivity index (χ1) is 12.1. The largest absolute Gasteiger partial charge is 0.385 e. The standard InChI is InChI=1S/C18H19N3O3S/c1-12(22)17-15(16(20-24-17)14-7-5-11-25-14)18(23)21(2)10-8-13-6-3-4-9-19-13/h3-7,9,11-12,22H,8,10H2,1-2H3/t12-/m0/s1. The minimum absolute atomic E-state index is 0.193. The van der Waals surface area contributed by atoms with Crippen LogP contribution in [0.15, 0.2) is 46.4 Å². The van der Waals surface area contributed by atoms with Gasteiger partial charge in [-0.3, -0.25) is 9.78 Å². The second-order valence-corrected chi connectivity index (χ2v) is 6.67. The van der Waals surface area contributed by atoms with E-state index in [1.807, 2.05) is 35.7 Å². The lowest BCUT2D eigenvalue weighted by Crippen LogP contribution is -2.30. The topological polar surface area (TPSA) is 79.5 Å². The summed E-state index contributed by atoms with van der Waals surface area (Å²) in [5.74, 6) is -0.0328. The molecule has 25 heavy (non-hydrogen) atoms. The fourth-order valence-electron chi connectivity index (χ4n) is 2.50. The number of rotatable bonds is 6. The van der Waals surface area contributed by atoms with E-state index in [0.29, 0.717) is 24.2 Å². The van der Waals surface area contributed by atoms with E-state index in [2.05, 4.69) is 10.1 Å². The molecule has 1 N–H and O–H groups in total. The van der Waals surface area contributed by atoms with Crippen molar-refractivity contribution >= 4 is 17.2 Å². The number of likely N-dealkylation sites (N-methyl/N-ethyl adjacent to an activating group) is 1. The van der Waals surface area contributed by atoms with Gasteiger partial charge in [-0.2, -0.15) is 0 Å². The summed E-state index contributed by atoms with van der Waals surface area (Å²) < 4.78 is 5.26. The van der Waals surface area contributed by atoms with Gasteiger partial charge in [-0.05, 0) is 30.5 Å². The molecule has 130 valence electrons. The Morgan fingerprint density at radius 1 is 1.36 bits per heavy atom. The van der Waals surface area contributed by atoms with Crippen molar-refractivity contribution in [3.8, 4) is 10.6 Å². The number of carbonyl (C=O) groups is 1. The summed E-state index contributed by atoms with van der Waals surface area (Å²) in [7, 11) is 1.72. The van der Waals surface area contributed by atoms with E-state index in [9.17, 15) is 9.90 Å². The van der Waals surface area contributed by atoms with Crippen molar-refractivity contribution in [2.45, 2.75) is 19.4 Å². The van der Waals surface area contributed by atoms with Crippen molar-refractivity contribution in [3.05, 3.63) is 58.9 Å². The normalized spacial score (nSPS) is 12.1. The maximum atomic E-state index is 13.0. The summed E-state index contributed by atoms with van der Waals surface area (Å²) in [4.78, 5) is 19.7. The van der Waals surface area contributed by atoms with Crippen LogP contribution >= 0.6 is 11.3 Å². The third-order valence-electron chi connectivity index (χ3n) is 3.84. The molecule has 3 rings (SSSR count). The van der Waals surface area contributed by atoms with E-state index in [1.165, 1.54) is 11.3 Å². The van der Waals surface area contributed by atoms with Gasteiger partial charge in [0.25, 0.3) is 5.91 Å². The Bertz CT molecular complexity index is 829. The van der Waals surface area contributed by atoms with Crippen LogP contribution in [0.4, 0.5) is 0 Å². The van der Waals surface area contributed by atoms with Crippen molar-refractivity contribution in [1.82, 2.24) is 15.0 Å². The van der Waals surface area contributed by atoms with Crippen molar-refractivity contribution in [2.24, 2.45) is 0 Å². The molecule has 3 heterocycles. The molecule has 0 aromatic carbocycles. The number of aliphatic hydroxyl groups excluding tert-OH is 1. The number of aliphatic hydroxyl groups is 1. The van der Waals surface area contributed by atoms with Gasteiger partial charge in [0.15, 0.2) is 5.76 Å². The molecule has 0 saturated heterocycles. The van der Waals surface area contributed by atoms with Gasteiger partial charge in [-0.25, -0.2) is 0 Å². The number of pyridine rings is 1. The van der Waals surface area contributed by atoms with Crippen LogP contribution in [0.2, 0.25) is 0 Å². The Labute approximate surface area is 149 Å².